The van der Waals surface area contributed by atoms with Gasteiger partial charge < -0.3 is 20.4 Å². The smallest absolute Gasteiger partial charge is 0.323 e. The van der Waals surface area contributed by atoms with Crippen LogP contribution in [0.4, 0.5) is 4.79 Å². The molecule has 0 saturated heterocycles. The van der Waals surface area contributed by atoms with Gasteiger partial charge in [-0.3, -0.25) is 9.59 Å². The van der Waals surface area contributed by atoms with Crippen LogP contribution in [0.5, 0.6) is 0 Å². The summed E-state index contributed by atoms with van der Waals surface area (Å²) in [6.07, 6.45) is 0.860. The Hall–Kier alpha value is -1.79. The molecule has 0 aliphatic rings. The van der Waals surface area contributed by atoms with E-state index in [1.165, 1.54) is 0 Å². The first-order chi connectivity index (χ1) is 8.27. The third-order valence-electron chi connectivity index (χ3n) is 2.79. The number of carbonyl (C=O) groups is 3. The van der Waals surface area contributed by atoms with Crippen molar-refractivity contribution < 1.29 is 24.6 Å². The lowest BCUT2D eigenvalue weighted by molar-refractivity contribution is -0.140. The van der Waals surface area contributed by atoms with Crippen molar-refractivity contribution in [2.75, 3.05) is 13.1 Å². The molecule has 7 nitrogen and oxygen atoms in total. The van der Waals surface area contributed by atoms with Crippen molar-refractivity contribution in [1.29, 1.82) is 0 Å². The van der Waals surface area contributed by atoms with E-state index < -0.39 is 31.1 Å². The van der Waals surface area contributed by atoms with Gasteiger partial charge in [0.1, 0.15) is 13.1 Å². The third kappa shape index (κ3) is 6.07. The Balaban J connectivity index is 4.54. The number of hydrogen-bond acceptors (Lipinski definition) is 3. The Morgan fingerprint density at radius 2 is 1.56 bits per heavy atom. The van der Waals surface area contributed by atoms with Crippen molar-refractivity contribution in [3.8, 4) is 0 Å². The molecule has 0 bridgehead atoms. The van der Waals surface area contributed by atoms with Crippen LogP contribution in [0.2, 0.25) is 0 Å². The molecular formula is C11H20N2O5. The van der Waals surface area contributed by atoms with Crippen molar-refractivity contribution in [2.24, 2.45) is 5.92 Å². The number of hydrogen-bond donors (Lipinski definition) is 3. The summed E-state index contributed by atoms with van der Waals surface area (Å²) in [5.41, 5.74) is 0. The minimum atomic E-state index is -1.25. The van der Waals surface area contributed by atoms with E-state index in [0.29, 0.717) is 0 Å². The van der Waals surface area contributed by atoms with E-state index in [1.54, 1.807) is 6.92 Å². The van der Waals surface area contributed by atoms with Crippen LogP contribution < -0.4 is 5.32 Å². The number of carbonyl (C=O) groups excluding carboxylic acids is 1. The molecule has 2 unspecified atom stereocenters. The van der Waals surface area contributed by atoms with Crippen molar-refractivity contribution in [1.82, 2.24) is 10.2 Å². The first-order valence-electron chi connectivity index (χ1n) is 5.76. The Kier molecular flexibility index (Phi) is 6.77. The summed E-state index contributed by atoms with van der Waals surface area (Å²) >= 11 is 0. The predicted octanol–water partition coefficient (Wildman–Crippen LogP) is 0.602. The zero-order chi connectivity index (χ0) is 14.3. The lowest BCUT2D eigenvalue weighted by Gasteiger charge is -2.25. The molecule has 0 aliphatic heterocycles. The Bertz CT molecular complexity index is 303. The fourth-order valence-corrected chi connectivity index (χ4v) is 1.31. The summed E-state index contributed by atoms with van der Waals surface area (Å²) < 4.78 is 0. The second-order valence-electron chi connectivity index (χ2n) is 4.27. The molecule has 0 fully saturated rings. The van der Waals surface area contributed by atoms with Crippen LogP contribution in [0.1, 0.15) is 27.2 Å². The van der Waals surface area contributed by atoms with Crippen LogP contribution in [0.15, 0.2) is 0 Å². The van der Waals surface area contributed by atoms with Gasteiger partial charge >= 0.3 is 18.0 Å². The molecule has 0 aromatic carbocycles. The number of carboxylic acid groups (broad SMARTS) is 2. The number of carboxylic acids is 2. The fraction of sp³-hybridized carbons (Fsp3) is 0.727. The molecule has 0 aliphatic carbocycles. The summed E-state index contributed by atoms with van der Waals surface area (Å²) in [5.74, 6) is -2.27. The van der Waals surface area contributed by atoms with Gasteiger partial charge in [-0.2, -0.15) is 0 Å². The zero-order valence-corrected chi connectivity index (χ0v) is 10.8. The lowest BCUT2D eigenvalue weighted by atomic mass is 10.0. The normalized spacial score (nSPS) is 13.5. The number of urea groups is 1. The second kappa shape index (κ2) is 7.52. The number of amides is 2. The lowest BCUT2D eigenvalue weighted by Crippen LogP contribution is -2.49. The average molecular weight is 260 g/mol. The maximum atomic E-state index is 11.7. The van der Waals surface area contributed by atoms with Gasteiger partial charge in [-0.25, -0.2) is 4.79 Å². The standard InChI is InChI=1S/C11H20N2O5/c1-4-7(2)8(3)12-11(18)13(5-9(14)15)6-10(16)17/h7-8H,4-6H2,1-3H3,(H,12,18)(H,14,15)(H,16,17). The zero-order valence-electron chi connectivity index (χ0n) is 10.8. The fourth-order valence-electron chi connectivity index (χ4n) is 1.31. The molecule has 0 rings (SSSR count). The Labute approximate surface area is 106 Å². The second-order valence-corrected chi connectivity index (χ2v) is 4.27. The van der Waals surface area contributed by atoms with Crippen molar-refractivity contribution in [2.45, 2.75) is 33.2 Å². The first-order valence-corrected chi connectivity index (χ1v) is 5.76. The molecule has 7 heteroatoms. The molecule has 2 atom stereocenters. The summed E-state index contributed by atoms with van der Waals surface area (Å²) in [6.45, 7) is 4.45. The van der Waals surface area contributed by atoms with Gasteiger partial charge in [0.05, 0.1) is 0 Å². The van der Waals surface area contributed by atoms with Gasteiger partial charge in [-0.15, -0.1) is 0 Å². The molecule has 2 amide bonds. The number of nitrogens with zero attached hydrogens (tertiary/aromatic N) is 1. The molecule has 0 spiro atoms. The molecule has 0 aromatic heterocycles. The van der Waals surface area contributed by atoms with E-state index >= 15 is 0 Å². The highest BCUT2D eigenvalue weighted by atomic mass is 16.4. The maximum Gasteiger partial charge on any atom is 0.323 e. The summed E-state index contributed by atoms with van der Waals surface area (Å²) in [6, 6.07) is -0.819. The van der Waals surface area contributed by atoms with Gasteiger partial charge in [0.25, 0.3) is 0 Å². The Morgan fingerprint density at radius 3 is 1.89 bits per heavy atom. The van der Waals surface area contributed by atoms with Gasteiger partial charge in [0.15, 0.2) is 0 Å². The topological polar surface area (TPSA) is 107 Å². The van der Waals surface area contributed by atoms with Crippen LogP contribution in [-0.2, 0) is 9.59 Å². The SMILES string of the molecule is CCC(C)C(C)NC(=O)N(CC(=O)O)CC(=O)O. The van der Waals surface area contributed by atoms with E-state index in [4.69, 9.17) is 10.2 Å². The van der Waals surface area contributed by atoms with E-state index in [2.05, 4.69) is 5.32 Å². The minimum Gasteiger partial charge on any atom is -0.480 e. The molecule has 18 heavy (non-hydrogen) atoms. The van der Waals surface area contributed by atoms with Gasteiger partial charge in [0, 0.05) is 6.04 Å². The average Bonchev–Trinajstić information content (AvgIpc) is 2.25. The van der Waals surface area contributed by atoms with Crippen molar-refractivity contribution in [3.05, 3.63) is 0 Å². The molecule has 0 heterocycles. The van der Waals surface area contributed by atoms with Crippen LogP contribution in [-0.4, -0.2) is 52.2 Å². The molecule has 104 valence electrons. The van der Waals surface area contributed by atoms with E-state index in [9.17, 15) is 14.4 Å². The van der Waals surface area contributed by atoms with Crippen LogP contribution in [0, 0.1) is 5.92 Å². The summed E-state index contributed by atoms with van der Waals surface area (Å²) in [5, 5.41) is 19.8. The van der Waals surface area contributed by atoms with Gasteiger partial charge in [-0.05, 0) is 12.8 Å². The summed E-state index contributed by atoms with van der Waals surface area (Å²) in [7, 11) is 0. The highest BCUT2D eigenvalue weighted by molar-refractivity contribution is 5.84. The molecule has 0 saturated carbocycles. The van der Waals surface area contributed by atoms with Crippen LogP contribution in [0.3, 0.4) is 0 Å². The largest absolute Gasteiger partial charge is 0.480 e. The third-order valence-corrected chi connectivity index (χ3v) is 2.79. The number of rotatable bonds is 7. The van der Waals surface area contributed by atoms with Crippen LogP contribution in [0.25, 0.3) is 0 Å². The minimum absolute atomic E-state index is 0.146. The van der Waals surface area contributed by atoms with Crippen molar-refractivity contribution >= 4 is 18.0 Å². The first kappa shape index (κ1) is 16.2. The molecular weight excluding hydrogens is 240 g/mol. The maximum absolute atomic E-state index is 11.7. The highest BCUT2D eigenvalue weighted by Crippen LogP contribution is 2.07. The van der Waals surface area contributed by atoms with Crippen molar-refractivity contribution in [3.63, 3.8) is 0 Å². The van der Waals surface area contributed by atoms with E-state index in [1.807, 2.05) is 13.8 Å². The predicted molar refractivity (Wildman–Crippen MR) is 64.3 cm³/mol. The van der Waals surface area contributed by atoms with Gasteiger partial charge in [0.2, 0.25) is 0 Å². The number of aliphatic carboxylic acids is 2. The van der Waals surface area contributed by atoms with E-state index in [0.717, 1.165) is 11.3 Å². The van der Waals surface area contributed by atoms with Crippen LogP contribution >= 0.6 is 0 Å². The van der Waals surface area contributed by atoms with E-state index in [-0.39, 0.29) is 12.0 Å². The Morgan fingerprint density at radius 1 is 1.11 bits per heavy atom. The molecule has 3 N–H and O–H groups in total. The quantitative estimate of drug-likeness (QED) is 0.621. The van der Waals surface area contributed by atoms with Gasteiger partial charge in [-0.1, -0.05) is 20.3 Å². The number of nitrogens with one attached hydrogen (secondary N) is 1. The molecule has 0 radical (unpaired) electrons. The summed E-state index contributed by atoms with van der Waals surface area (Å²) in [4.78, 5) is 33.6. The highest BCUT2D eigenvalue weighted by Gasteiger charge is 2.22. The monoisotopic (exact) mass is 260 g/mol. The molecule has 0 aromatic rings.